The van der Waals surface area contributed by atoms with Crippen molar-refractivity contribution in [1.82, 2.24) is 19.6 Å². The van der Waals surface area contributed by atoms with Crippen LogP contribution in [-0.4, -0.2) is 19.6 Å². The number of hydrogen-bond acceptors (Lipinski definition) is 4. The zero-order valence-corrected chi connectivity index (χ0v) is 15.3. The lowest BCUT2D eigenvalue weighted by molar-refractivity contribution is 0.848. The Balaban J connectivity index is 2.00. The fraction of sp³-hybridized carbons (Fsp3) is 0.389. The monoisotopic (exact) mass is 326 g/mol. The van der Waals surface area contributed by atoms with Crippen LogP contribution in [0, 0.1) is 34.6 Å². The summed E-state index contributed by atoms with van der Waals surface area (Å²) in [7, 11) is 0. The molecule has 0 aliphatic rings. The lowest BCUT2D eigenvalue weighted by Gasteiger charge is -2.17. The van der Waals surface area contributed by atoms with Gasteiger partial charge < -0.3 is 0 Å². The molecule has 1 aromatic carbocycles. The molecule has 0 saturated carbocycles. The van der Waals surface area contributed by atoms with E-state index >= 15 is 0 Å². The average Bonchev–Trinajstić information content (AvgIpc) is 2.80. The fourth-order valence-electron chi connectivity index (χ4n) is 3.33. The van der Waals surface area contributed by atoms with Gasteiger partial charge in [-0.05, 0) is 58.2 Å². The van der Waals surface area contributed by atoms with Gasteiger partial charge in [0.2, 0.25) is 0 Å². The van der Waals surface area contributed by atoms with Crippen LogP contribution in [0.15, 0.2) is 23.4 Å². The Labute approximate surface area is 141 Å². The molecule has 4 nitrogen and oxygen atoms in total. The second-order valence-corrected chi connectivity index (χ2v) is 7.50. The van der Waals surface area contributed by atoms with Gasteiger partial charge in [-0.1, -0.05) is 29.5 Å². The van der Waals surface area contributed by atoms with Crippen LogP contribution in [0.5, 0.6) is 0 Å². The summed E-state index contributed by atoms with van der Waals surface area (Å²) in [5, 5.41) is 9.88. The number of fused-ring (bicyclic) bond motifs is 1. The van der Waals surface area contributed by atoms with E-state index in [1.54, 1.807) is 11.8 Å². The van der Waals surface area contributed by atoms with Gasteiger partial charge in [-0.25, -0.2) is 4.98 Å². The Morgan fingerprint density at radius 3 is 2.26 bits per heavy atom. The van der Waals surface area contributed by atoms with Crippen LogP contribution in [0.1, 0.15) is 45.9 Å². The molecule has 5 heteroatoms. The zero-order chi connectivity index (χ0) is 16.7. The van der Waals surface area contributed by atoms with E-state index in [1.807, 2.05) is 24.3 Å². The summed E-state index contributed by atoms with van der Waals surface area (Å²) < 4.78 is 2.03. The second-order valence-electron chi connectivity index (χ2n) is 6.19. The van der Waals surface area contributed by atoms with Crippen LogP contribution < -0.4 is 0 Å². The molecule has 2 heterocycles. The molecule has 0 fully saturated rings. The molecule has 0 bridgehead atoms. The van der Waals surface area contributed by atoms with Crippen molar-refractivity contribution in [2.24, 2.45) is 0 Å². The quantitative estimate of drug-likeness (QED) is 0.664. The molecule has 23 heavy (non-hydrogen) atoms. The van der Waals surface area contributed by atoms with Crippen LogP contribution in [-0.2, 0) is 0 Å². The summed E-state index contributed by atoms with van der Waals surface area (Å²) in [6.45, 7) is 12.7. The normalized spacial score (nSPS) is 12.8. The minimum Gasteiger partial charge on any atom is -0.258 e. The molecule has 0 radical (unpaired) electrons. The molecule has 0 amide bonds. The third kappa shape index (κ3) is 2.98. The number of benzene rings is 1. The summed E-state index contributed by atoms with van der Waals surface area (Å²) in [6.07, 6.45) is 0. The van der Waals surface area contributed by atoms with Crippen molar-refractivity contribution in [3.63, 3.8) is 0 Å². The first kappa shape index (κ1) is 16.0. The predicted octanol–water partition coefficient (Wildman–Crippen LogP) is 4.52. The summed E-state index contributed by atoms with van der Waals surface area (Å²) in [5.41, 5.74) is 7.20. The summed E-state index contributed by atoms with van der Waals surface area (Å²) in [6, 6.07) is 6.46. The van der Waals surface area contributed by atoms with E-state index in [4.69, 9.17) is 0 Å². The lowest BCUT2D eigenvalue weighted by Crippen LogP contribution is -2.01. The Morgan fingerprint density at radius 1 is 0.957 bits per heavy atom. The van der Waals surface area contributed by atoms with Crippen molar-refractivity contribution in [2.45, 2.75) is 51.9 Å². The van der Waals surface area contributed by atoms with E-state index in [9.17, 15) is 0 Å². The third-order valence-corrected chi connectivity index (χ3v) is 5.15. The summed E-state index contributed by atoms with van der Waals surface area (Å²) in [4.78, 5) is 4.53. The molecular formula is C18H22N4S. The van der Waals surface area contributed by atoms with E-state index in [0.29, 0.717) is 5.25 Å². The van der Waals surface area contributed by atoms with Gasteiger partial charge in [0, 0.05) is 17.0 Å². The van der Waals surface area contributed by atoms with E-state index in [2.05, 4.69) is 55.0 Å². The van der Waals surface area contributed by atoms with Gasteiger partial charge in [0.05, 0.1) is 0 Å². The lowest BCUT2D eigenvalue weighted by atomic mass is 9.98. The zero-order valence-electron chi connectivity index (χ0n) is 14.5. The molecule has 3 aromatic rings. The van der Waals surface area contributed by atoms with Crippen molar-refractivity contribution in [3.05, 3.63) is 52.0 Å². The Morgan fingerprint density at radius 2 is 1.61 bits per heavy atom. The van der Waals surface area contributed by atoms with Gasteiger partial charge in [0.25, 0.3) is 0 Å². The van der Waals surface area contributed by atoms with Crippen LogP contribution in [0.25, 0.3) is 5.65 Å². The minimum absolute atomic E-state index is 0.309. The smallest absolute Gasteiger partial charge is 0.197 e. The minimum atomic E-state index is 0.309. The Hall–Kier alpha value is -1.88. The van der Waals surface area contributed by atoms with Crippen molar-refractivity contribution in [2.75, 3.05) is 0 Å². The first-order valence-corrected chi connectivity index (χ1v) is 8.68. The molecule has 3 rings (SSSR count). The molecule has 1 atom stereocenters. The molecule has 2 aromatic heterocycles. The molecule has 0 spiro atoms. The van der Waals surface area contributed by atoms with Crippen molar-refractivity contribution in [3.8, 4) is 0 Å². The molecular weight excluding hydrogens is 304 g/mol. The van der Waals surface area contributed by atoms with Crippen molar-refractivity contribution >= 4 is 17.4 Å². The van der Waals surface area contributed by atoms with Gasteiger partial charge in [-0.3, -0.25) is 4.40 Å². The van der Waals surface area contributed by atoms with Gasteiger partial charge >= 0.3 is 0 Å². The van der Waals surface area contributed by atoms with Crippen LogP contribution in [0.4, 0.5) is 0 Å². The van der Waals surface area contributed by atoms with Gasteiger partial charge in [0.15, 0.2) is 10.8 Å². The van der Waals surface area contributed by atoms with Crippen molar-refractivity contribution < 1.29 is 0 Å². The van der Waals surface area contributed by atoms with Crippen molar-refractivity contribution in [1.29, 1.82) is 0 Å². The maximum absolute atomic E-state index is 4.53. The van der Waals surface area contributed by atoms with Gasteiger partial charge in [0.1, 0.15) is 5.82 Å². The largest absolute Gasteiger partial charge is 0.258 e. The highest BCUT2D eigenvalue weighted by molar-refractivity contribution is 7.99. The standard InChI is InChI=1S/C18H22N4S/c1-10-7-11(2)17(12(3)8-10)14(5)23-18-21-20-16-9-13(4)19-15(6)22(16)18/h7-9,14H,1-6H3/t14-/m0/s1. The SMILES string of the molecule is Cc1cc(C)c([C@H](C)Sc2nnc3cc(C)nc(C)n23)c(C)c1. The number of rotatable bonds is 3. The Bertz CT molecular complexity index is 859. The molecule has 120 valence electrons. The number of aryl methyl sites for hydroxylation is 5. The highest BCUT2D eigenvalue weighted by Crippen LogP contribution is 2.37. The molecule has 0 N–H and O–H groups in total. The molecule has 0 aliphatic carbocycles. The van der Waals surface area contributed by atoms with E-state index in [1.165, 1.54) is 22.3 Å². The number of aromatic nitrogens is 4. The van der Waals surface area contributed by atoms with Crippen LogP contribution in [0.2, 0.25) is 0 Å². The van der Waals surface area contributed by atoms with E-state index in [-0.39, 0.29) is 0 Å². The fourth-order valence-corrected chi connectivity index (χ4v) is 4.55. The van der Waals surface area contributed by atoms with Crippen LogP contribution in [0.3, 0.4) is 0 Å². The first-order valence-electron chi connectivity index (χ1n) is 7.80. The number of hydrogen-bond donors (Lipinski definition) is 0. The molecule has 0 unspecified atom stereocenters. The van der Waals surface area contributed by atoms with E-state index < -0.39 is 0 Å². The number of thioether (sulfide) groups is 1. The second kappa shape index (κ2) is 5.96. The first-order chi connectivity index (χ1) is 10.9. The third-order valence-electron chi connectivity index (χ3n) is 4.08. The Kier molecular flexibility index (Phi) is 4.15. The number of nitrogens with zero attached hydrogens (tertiary/aromatic N) is 4. The maximum Gasteiger partial charge on any atom is 0.197 e. The predicted molar refractivity (Wildman–Crippen MR) is 95.2 cm³/mol. The summed E-state index contributed by atoms with van der Waals surface area (Å²) in [5.74, 6) is 0.928. The highest BCUT2D eigenvalue weighted by Gasteiger charge is 2.18. The maximum atomic E-state index is 4.53. The van der Waals surface area contributed by atoms with E-state index in [0.717, 1.165) is 22.3 Å². The summed E-state index contributed by atoms with van der Waals surface area (Å²) >= 11 is 1.74. The molecule has 0 aliphatic heterocycles. The van der Waals surface area contributed by atoms with Crippen LogP contribution >= 0.6 is 11.8 Å². The molecule has 0 saturated heterocycles. The topological polar surface area (TPSA) is 43.1 Å². The average molecular weight is 326 g/mol. The van der Waals surface area contributed by atoms with Gasteiger partial charge in [-0.15, -0.1) is 10.2 Å². The highest BCUT2D eigenvalue weighted by atomic mass is 32.2. The van der Waals surface area contributed by atoms with Gasteiger partial charge in [-0.2, -0.15) is 0 Å².